The summed E-state index contributed by atoms with van der Waals surface area (Å²) in [6.45, 7) is 2.11. The van der Waals surface area contributed by atoms with Crippen LogP contribution in [0.15, 0.2) is 18.2 Å². The van der Waals surface area contributed by atoms with E-state index in [1.165, 1.54) is 0 Å². The molecule has 4 nitrogen and oxygen atoms in total. The maximum absolute atomic E-state index is 11.7. The Bertz CT molecular complexity index is 478. The van der Waals surface area contributed by atoms with E-state index < -0.39 is 12.4 Å². The zero-order chi connectivity index (χ0) is 14.5. The molecule has 1 saturated heterocycles. The van der Waals surface area contributed by atoms with E-state index in [4.69, 9.17) is 37.4 Å². The molecule has 0 spiro atoms. The van der Waals surface area contributed by atoms with Crippen molar-refractivity contribution in [2.45, 2.75) is 38.6 Å². The molecular weight excluding hydrogens is 303 g/mol. The first-order chi connectivity index (χ1) is 9.60. The maximum Gasteiger partial charge on any atom is 0.335 e. The Morgan fingerprint density at radius 2 is 2.20 bits per heavy atom. The van der Waals surface area contributed by atoms with Crippen LogP contribution in [-0.4, -0.2) is 25.0 Å². The molecule has 0 N–H and O–H groups in total. The fraction of sp³-hybridized carbons (Fsp3) is 0.500. The van der Waals surface area contributed by atoms with Crippen LogP contribution in [0.5, 0.6) is 5.75 Å². The fourth-order valence-corrected chi connectivity index (χ4v) is 2.45. The number of halogens is 2. The normalized spacial score (nSPS) is 22.4. The fourth-order valence-electron chi connectivity index (χ4n) is 2.00. The third kappa shape index (κ3) is 4.01. The molecular formula is C14H16Cl2O4. The van der Waals surface area contributed by atoms with Crippen LogP contribution in [0.2, 0.25) is 10.0 Å². The minimum Gasteiger partial charge on any atom is -0.464 e. The number of ether oxygens (including phenoxy) is 3. The standard InChI is InChI=1S/C14H16Cl2O4/c1-2-18-14(17)12-4-3-5-13(20-12)19-11-7-6-9(15)8-10(11)16/h6-8,12-13H,2-5H2,1H3/t12-,13-/m0/s1. The number of hydrogen-bond acceptors (Lipinski definition) is 4. The number of carbonyl (C=O) groups is 1. The molecule has 0 unspecified atom stereocenters. The van der Waals surface area contributed by atoms with Crippen molar-refractivity contribution in [1.29, 1.82) is 0 Å². The second kappa shape index (κ2) is 7.16. The topological polar surface area (TPSA) is 44.8 Å². The Morgan fingerprint density at radius 1 is 1.40 bits per heavy atom. The summed E-state index contributed by atoms with van der Waals surface area (Å²) in [5, 5.41) is 0.954. The van der Waals surface area contributed by atoms with Crippen LogP contribution in [-0.2, 0) is 14.3 Å². The van der Waals surface area contributed by atoms with Crippen LogP contribution in [0.25, 0.3) is 0 Å². The molecule has 1 fully saturated rings. The monoisotopic (exact) mass is 318 g/mol. The van der Waals surface area contributed by atoms with Gasteiger partial charge in [-0.15, -0.1) is 0 Å². The van der Waals surface area contributed by atoms with Crippen molar-refractivity contribution in [3.8, 4) is 5.75 Å². The van der Waals surface area contributed by atoms with Gasteiger partial charge in [-0.05, 0) is 38.0 Å². The van der Waals surface area contributed by atoms with E-state index in [1.54, 1.807) is 25.1 Å². The Labute approximate surface area is 127 Å². The molecule has 2 atom stereocenters. The summed E-state index contributed by atoms with van der Waals surface area (Å²) >= 11 is 11.9. The van der Waals surface area contributed by atoms with E-state index >= 15 is 0 Å². The Kier molecular flexibility index (Phi) is 5.52. The van der Waals surface area contributed by atoms with E-state index in [1.807, 2.05) is 0 Å². The van der Waals surface area contributed by atoms with Crippen molar-refractivity contribution >= 4 is 29.2 Å². The van der Waals surface area contributed by atoms with E-state index in [-0.39, 0.29) is 5.97 Å². The summed E-state index contributed by atoms with van der Waals surface area (Å²) < 4.78 is 16.2. The lowest BCUT2D eigenvalue weighted by molar-refractivity contribution is -0.185. The quantitative estimate of drug-likeness (QED) is 0.791. The van der Waals surface area contributed by atoms with Gasteiger partial charge < -0.3 is 14.2 Å². The Balaban J connectivity index is 1.97. The lowest BCUT2D eigenvalue weighted by Crippen LogP contribution is -2.37. The van der Waals surface area contributed by atoms with Crippen LogP contribution in [0.1, 0.15) is 26.2 Å². The largest absolute Gasteiger partial charge is 0.464 e. The molecule has 6 heteroatoms. The second-order valence-electron chi connectivity index (χ2n) is 4.43. The van der Waals surface area contributed by atoms with Crippen molar-refractivity contribution in [2.75, 3.05) is 6.61 Å². The van der Waals surface area contributed by atoms with Crippen LogP contribution >= 0.6 is 23.2 Å². The van der Waals surface area contributed by atoms with Crippen LogP contribution in [0.4, 0.5) is 0 Å². The van der Waals surface area contributed by atoms with Gasteiger partial charge in [0.1, 0.15) is 5.75 Å². The summed E-state index contributed by atoms with van der Waals surface area (Å²) in [6, 6.07) is 4.97. The highest BCUT2D eigenvalue weighted by molar-refractivity contribution is 6.35. The highest BCUT2D eigenvalue weighted by atomic mass is 35.5. The number of rotatable bonds is 4. The zero-order valence-corrected chi connectivity index (χ0v) is 12.6. The lowest BCUT2D eigenvalue weighted by Gasteiger charge is -2.29. The molecule has 1 aliphatic heterocycles. The number of carbonyl (C=O) groups excluding carboxylic acids is 1. The first-order valence-electron chi connectivity index (χ1n) is 6.54. The van der Waals surface area contributed by atoms with Gasteiger partial charge in [-0.1, -0.05) is 23.2 Å². The van der Waals surface area contributed by atoms with Gasteiger partial charge in [0.05, 0.1) is 11.6 Å². The summed E-state index contributed by atoms with van der Waals surface area (Å²) in [5.74, 6) is 0.147. The number of benzene rings is 1. The Morgan fingerprint density at radius 3 is 2.90 bits per heavy atom. The van der Waals surface area contributed by atoms with Crippen molar-refractivity contribution in [3.05, 3.63) is 28.2 Å². The molecule has 1 heterocycles. The smallest absolute Gasteiger partial charge is 0.335 e. The molecule has 0 aromatic heterocycles. The summed E-state index contributed by atoms with van der Waals surface area (Å²) in [4.78, 5) is 11.7. The summed E-state index contributed by atoms with van der Waals surface area (Å²) in [6.07, 6.45) is 1.11. The van der Waals surface area contributed by atoms with Gasteiger partial charge in [-0.25, -0.2) is 4.79 Å². The summed E-state index contributed by atoms with van der Waals surface area (Å²) in [5.41, 5.74) is 0. The van der Waals surface area contributed by atoms with E-state index in [0.717, 1.165) is 6.42 Å². The van der Waals surface area contributed by atoms with Crippen molar-refractivity contribution in [3.63, 3.8) is 0 Å². The average molecular weight is 319 g/mol. The number of esters is 1. The molecule has 0 saturated carbocycles. The third-order valence-corrected chi connectivity index (χ3v) is 3.45. The molecule has 0 amide bonds. The molecule has 20 heavy (non-hydrogen) atoms. The second-order valence-corrected chi connectivity index (χ2v) is 5.27. The average Bonchev–Trinajstić information content (AvgIpc) is 2.43. The summed E-state index contributed by atoms with van der Waals surface area (Å²) in [7, 11) is 0. The predicted octanol–water partition coefficient (Wildman–Crippen LogP) is 3.83. The van der Waals surface area contributed by atoms with Gasteiger partial charge in [0.25, 0.3) is 0 Å². The van der Waals surface area contributed by atoms with E-state index in [9.17, 15) is 4.79 Å². The highest BCUT2D eigenvalue weighted by Gasteiger charge is 2.30. The Hall–Kier alpha value is -0.970. The van der Waals surface area contributed by atoms with Gasteiger partial charge in [0, 0.05) is 11.4 Å². The van der Waals surface area contributed by atoms with Crippen LogP contribution in [0.3, 0.4) is 0 Å². The zero-order valence-electron chi connectivity index (χ0n) is 11.1. The molecule has 0 bridgehead atoms. The maximum atomic E-state index is 11.7. The van der Waals surface area contributed by atoms with Crippen molar-refractivity contribution in [1.82, 2.24) is 0 Å². The minimum atomic E-state index is -0.570. The van der Waals surface area contributed by atoms with E-state index in [2.05, 4.69) is 0 Å². The van der Waals surface area contributed by atoms with Crippen LogP contribution < -0.4 is 4.74 Å². The molecule has 0 radical (unpaired) electrons. The first kappa shape index (κ1) is 15.4. The van der Waals surface area contributed by atoms with Gasteiger partial charge in [-0.3, -0.25) is 0 Å². The minimum absolute atomic E-state index is 0.341. The van der Waals surface area contributed by atoms with Gasteiger partial charge in [0.2, 0.25) is 6.29 Å². The molecule has 110 valence electrons. The molecule has 2 rings (SSSR count). The molecule has 1 aromatic rings. The number of hydrogen-bond donors (Lipinski definition) is 0. The van der Waals surface area contributed by atoms with Crippen molar-refractivity contribution < 1.29 is 19.0 Å². The van der Waals surface area contributed by atoms with Crippen molar-refractivity contribution in [2.24, 2.45) is 0 Å². The van der Waals surface area contributed by atoms with Gasteiger partial charge >= 0.3 is 5.97 Å². The van der Waals surface area contributed by atoms with E-state index in [0.29, 0.717) is 35.2 Å². The van der Waals surface area contributed by atoms with Gasteiger partial charge in [0.15, 0.2) is 6.10 Å². The van der Waals surface area contributed by atoms with Crippen LogP contribution in [0, 0.1) is 0 Å². The highest BCUT2D eigenvalue weighted by Crippen LogP contribution is 2.30. The molecule has 0 aliphatic carbocycles. The SMILES string of the molecule is CCOC(=O)[C@@H]1CCC[C@@H](Oc2ccc(Cl)cc2Cl)O1. The first-order valence-corrected chi connectivity index (χ1v) is 7.29. The third-order valence-electron chi connectivity index (χ3n) is 2.92. The predicted molar refractivity (Wildman–Crippen MR) is 76.2 cm³/mol. The molecule has 1 aromatic carbocycles. The molecule has 1 aliphatic rings. The van der Waals surface area contributed by atoms with Gasteiger partial charge in [-0.2, -0.15) is 0 Å². The lowest BCUT2D eigenvalue weighted by atomic mass is 10.1.